The smallest absolute Gasteiger partial charge is 0.441 e. The molecule has 2 N–H and O–H groups in total. The number of nitrogens with one attached hydrogen (secondary N) is 2. The van der Waals surface area contributed by atoms with Gasteiger partial charge in [0.25, 0.3) is 11.5 Å². The molecule has 156 valence electrons. The summed E-state index contributed by atoms with van der Waals surface area (Å²) in [5, 5.41) is 13.2. The summed E-state index contributed by atoms with van der Waals surface area (Å²) in [5.74, 6) is -3.94. The van der Waals surface area contributed by atoms with Gasteiger partial charge in [-0.2, -0.15) is 16.3 Å². The van der Waals surface area contributed by atoms with Crippen LogP contribution in [-0.4, -0.2) is 45.2 Å². The Hall–Kier alpha value is -4.10. The number of hydrogen-bond donors (Lipinski definition) is 2. The van der Waals surface area contributed by atoms with Crippen molar-refractivity contribution in [1.29, 1.82) is 0 Å². The van der Waals surface area contributed by atoms with Gasteiger partial charge in [0.1, 0.15) is 12.6 Å². The quantitative estimate of drug-likeness (QED) is 0.0680. The minimum atomic E-state index is -1.18. The summed E-state index contributed by atoms with van der Waals surface area (Å²) >= 11 is 0. The van der Waals surface area contributed by atoms with Gasteiger partial charge in [-0.05, 0) is 24.6 Å². The molecular formula is C18H18N6O6. The fourth-order valence-electron chi connectivity index (χ4n) is 3.07. The Morgan fingerprint density at radius 3 is 2.50 bits per heavy atom. The molecule has 0 unspecified atom stereocenters. The molecule has 2 rings (SSSR count). The third-order valence-corrected chi connectivity index (χ3v) is 4.80. The first-order valence-electron chi connectivity index (χ1n) is 8.80. The maximum Gasteiger partial charge on any atom is 0.441 e. The number of nitro benzene ring substituents is 1. The molecule has 12 nitrogen and oxygen atoms in total. The first kappa shape index (κ1) is 22.2. The predicted molar refractivity (Wildman–Crippen MR) is 100 cm³/mol. The van der Waals surface area contributed by atoms with Crippen LogP contribution < -0.4 is 10.7 Å². The van der Waals surface area contributed by atoms with Gasteiger partial charge in [-0.3, -0.25) is 19.7 Å². The van der Waals surface area contributed by atoms with E-state index >= 15 is 0 Å². The Balaban J connectivity index is 2.02. The predicted octanol–water partition coefficient (Wildman–Crippen LogP) is 0.441. The molecule has 1 aliphatic heterocycles. The topological polar surface area (TPSA) is 168 Å². The summed E-state index contributed by atoms with van der Waals surface area (Å²) < 4.78 is 4.96. The molecule has 0 bridgehead atoms. The van der Waals surface area contributed by atoms with Gasteiger partial charge in [-0.15, -0.1) is 5.43 Å². The average molecular weight is 414 g/mol. The summed E-state index contributed by atoms with van der Waals surface area (Å²) in [6, 6.07) is 4.04. The first-order chi connectivity index (χ1) is 14.2. The van der Waals surface area contributed by atoms with Crippen LogP contribution in [0.3, 0.4) is 0 Å². The lowest BCUT2D eigenvalue weighted by Crippen LogP contribution is -2.67. The molecule has 0 aromatic heterocycles. The molecular weight excluding hydrogens is 396 g/mol. The molecule has 1 aromatic carbocycles. The van der Waals surface area contributed by atoms with Crippen molar-refractivity contribution in [2.24, 2.45) is 11.8 Å². The third kappa shape index (κ3) is 4.65. The van der Waals surface area contributed by atoms with Crippen molar-refractivity contribution in [2.75, 3.05) is 0 Å². The van der Waals surface area contributed by atoms with Gasteiger partial charge in [-0.25, -0.2) is 4.79 Å². The number of Topliss-reactive ketones (excluding diaryl/α,β-unsaturated/α-hetero) is 1. The van der Waals surface area contributed by atoms with Crippen molar-refractivity contribution in [3.05, 3.63) is 57.0 Å². The number of nitrogens with zero attached hydrogens (tertiary/aromatic N) is 4. The average Bonchev–Trinajstić information content (AvgIpc) is 2.70. The Bertz CT molecular complexity index is 962. The van der Waals surface area contributed by atoms with Gasteiger partial charge in [0.15, 0.2) is 0 Å². The van der Waals surface area contributed by atoms with Crippen LogP contribution in [0.5, 0.6) is 0 Å². The van der Waals surface area contributed by atoms with Crippen molar-refractivity contribution in [2.45, 2.75) is 32.5 Å². The van der Waals surface area contributed by atoms with Crippen molar-refractivity contribution in [3.8, 4) is 0 Å². The number of benzene rings is 1. The zero-order valence-electron chi connectivity index (χ0n) is 16.1. The molecule has 1 heterocycles. The molecule has 12 heteroatoms. The van der Waals surface area contributed by atoms with Gasteiger partial charge >= 0.3 is 11.7 Å². The summed E-state index contributed by atoms with van der Waals surface area (Å²) in [7, 11) is 0. The van der Waals surface area contributed by atoms with Crippen LogP contribution in [0.1, 0.15) is 19.4 Å². The highest BCUT2D eigenvalue weighted by molar-refractivity contribution is 6.62. The van der Waals surface area contributed by atoms with Crippen molar-refractivity contribution in [3.63, 3.8) is 0 Å². The second-order valence-electron chi connectivity index (χ2n) is 6.69. The van der Waals surface area contributed by atoms with E-state index in [0.29, 0.717) is 5.56 Å². The van der Waals surface area contributed by atoms with Crippen LogP contribution >= 0.6 is 0 Å². The Morgan fingerprint density at radius 1 is 1.37 bits per heavy atom. The third-order valence-electron chi connectivity index (χ3n) is 4.80. The van der Waals surface area contributed by atoms with Gasteiger partial charge in [-0.1, -0.05) is 6.92 Å². The summed E-state index contributed by atoms with van der Waals surface area (Å²) in [4.78, 5) is 52.5. The van der Waals surface area contributed by atoms with E-state index in [-0.39, 0.29) is 18.2 Å². The van der Waals surface area contributed by atoms with Gasteiger partial charge in [0, 0.05) is 18.1 Å². The molecule has 1 amide bonds. The number of non-ortho nitro benzene ring substituents is 1. The highest BCUT2D eigenvalue weighted by Gasteiger charge is 2.51. The Kier molecular flexibility index (Phi) is 6.95. The molecule has 1 aliphatic rings. The van der Waals surface area contributed by atoms with Crippen molar-refractivity contribution >= 4 is 29.1 Å². The minimum absolute atomic E-state index is 0.134. The summed E-state index contributed by atoms with van der Waals surface area (Å²) in [6.45, 7) is 9.60. The molecule has 0 radical (unpaired) electrons. The number of amides is 1. The van der Waals surface area contributed by atoms with Crippen LogP contribution in [0.15, 0.2) is 24.3 Å². The van der Waals surface area contributed by atoms with Crippen molar-refractivity contribution < 1.29 is 28.8 Å². The van der Waals surface area contributed by atoms with E-state index in [0.717, 1.165) is 0 Å². The zero-order chi connectivity index (χ0) is 22.4. The number of rotatable bonds is 9. The number of ketones is 1. The molecule has 30 heavy (non-hydrogen) atoms. The number of nitro groups is 1. The van der Waals surface area contributed by atoms with E-state index in [4.69, 9.17) is 16.8 Å². The number of esters is 1. The highest BCUT2D eigenvalue weighted by Crippen LogP contribution is 2.26. The standard InChI is InChI=1S/C18H18N6O6/c1-9(14-13(17(26)21-14)10(2)23-20-3)16(25)15(22-19)18(27)30-8-11-4-6-12(7-5-11)24(28)29/h4-7,9-10,13-14,23H,8H2,1-2H3,(H,21,26)/t9-,10-,13-,14-/m1/s1. The fraction of sp³-hybridized carbons (Fsp3) is 0.389. The summed E-state index contributed by atoms with van der Waals surface area (Å²) in [6.07, 6.45) is 0. The molecule has 1 aromatic rings. The summed E-state index contributed by atoms with van der Waals surface area (Å²) in [5.41, 5.74) is 11.0. The van der Waals surface area contributed by atoms with Crippen LogP contribution in [0.4, 0.5) is 5.69 Å². The van der Waals surface area contributed by atoms with Gasteiger partial charge in [0.05, 0.1) is 16.9 Å². The van der Waals surface area contributed by atoms with E-state index in [9.17, 15) is 24.5 Å². The van der Waals surface area contributed by atoms with Crippen LogP contribution in [0.2, 0.25) is 0 Å². The Morgan fingerprint density at radius 2 is 2.00 bits per heavy atom. The number of ether oxygens (including phenoxy) is 1. The Labute approximate surface area is 170 Å². The maximum atomic E-state index is 12.6. The second-order valence-corrected chi connectivity index (χ2v) is 6.69. The molecule has 4 atom stereocenters. The largest absolute Gasteiger partial charge is 0.452 e. The van der Waals surface area contributed by atoms with Gasteiger partial charge < -0.3 is 15.6 Å². The molecule has 0 saturated carbocycles. The van der Waals surface area contributed by atoms with E-state index < -0.39 is 46.3 Å². The zero-order valence-corrected chi connectivity index (χ0v) is 16.1. The molecule has 0 aliphatic carbocycles. The molecule has 1 fully saturated rings. The second kappa shape index (κ2) is 9.40. The normalized spacial score (nSPS) is 19.0. The van der Waals surface area contributed by atoms with E-state index in [1.165, 1.54) is 31.2 Å². The number of hydrogen-bond acceptors (Lipinski definition) is 7. The molecule has 0 spiro atoms. The lowest BCUT2D eigenvalue weighted by molar-refractivity contribution is -0.384. The lowest BCUT2D eigenvalue weighted by Gasteiger charge is -2.41. The monoisotopic (exact) mass is 414 g/mol. The SMILES string of the molecule is [C-]#[N+]N[C@H](C)[C@H]1C(=O)N[C@@H]1[C@@H](C)C(=O)C(=[N+]=[N-])C(=O)OCc1ccc([N+](=O)[O-])cc1. The van der Waals surface area contributed by atoms with Gasteiger partial charge in [0.2, 0.25) is 5.91 Å². The maximum absolute atomic E-state index is 12.6. The van der Waals surface area contributed by atoms with Crippen LogP contribution in [0.25, 0.3) is 10.5 Å². The van der Waals surface area contributed by atoms with Crippen LogP contribution in [-0.2, 0) is 25.7 Å². The van der Waals surface area contributed by atoms with E-state index in [2.05, 4.69) is 20.5 Å². The van der Waals surface area contributed by atoms with E-state index in [1.54, 1.807) is 6.92 Å². The van der Waals surface area contributed by atoms with Crippen LogP contribution in [0, 0.1) is 28.5 Å². The number of carbonyl (C=O) groups excluding carboxylic acids is 3. The lowest BCUT2D eigenvalue weighted by atomic mass is 9.76. The molecule has 1 saturated heterocycles. The first-order valence-corrected chi connectivity index (χ1v) is 8.80. The number of carbonyl (C=O) groups is 3. The number of β-lactam (4-membered cyclic amide) rings is 1. The van der Waals surface area contributed by atoms with E-state index in [1.807, 2.05) is 0 Å². The fourth-order valence-corrected chi connectivity index (χ4v) is 3.07. The van der Waals surface area contributed by atoms with Crippen molar-refractivity contribution in [1.82, 2.24) is 10.7 Å². The minimum Gasteiger partial charge on any atom is -0.452 e. The highest BCUT2D eigenvalue weighted by atomic mass is 16.6.